The summed E-state index contributed by atoms with van der Waals surface area (Å²) in [6.45, 7) is 5.53. The molecule has 0 aliphatic carbocycles. The number of amides is 2. The Morgan fingerprint density at radius 1 is 1.23 bits per heavy atom. The number of aliphatic hydroxyl groups is 1. The van der Waals surface area contributed by atoms with E-state index >= 15 is 0 Å². The van der Waals surface area contributed by atoms with Crippen LogP contribution < -0.4 is 5.32 Å². The lowest BCUT2D eigenvalue weighted by Gasteiger charge is -2.38. The summed E-state index contributed by atoms with van der Waals surface area (Å²) >= 11 is 0. The van der Waals surface area contributed by atoms with Gasteiger partial charge >= 0.3 is 6.03 Å². The van der Waals surface area contributed by atoms with Crippen LogP contribution in [0.1, 0.15) is 30.7 Å². The number of likely N-dealkylation sites (tertiary alicyclic amines) is 1. The highest BCUT2D eigenvalue weighted by molar-refractivity contribution is 5.92. The molecule has 2 N–H and O–H groups in total. The fourth-order valence-corrected chi connectivity index (χ4v) is 3.80. The third-order valence-electron chi connectivity index (χ3n) is 5.48. The number of carbonyl (C=O) groups excluding carboxylic acids is 1. The number of hydrogen-bond acceptors (Lipinski definition) is 5. The van der Waals surface area contributed by atoms with Crippen molar-refractivity contribution in [1.82, 2.24) is 14.9 Å². The molecule has 0 unspecified atom stereocenters. The Morgan fingerprint density at radius 2 is 1.92 bits per heavy atom. The highest BCUT2D eigenvalue weighted by Crippen LogP contribution is 2.36. The number of aliphatic hydroxyl groups excluding tert-OH is 1. The van der Waals surface area contributed by atoms with Gasteiger partial charge < -0.3 is 20.1 Å². The number of nitrogens with one attached hydrogen (secondary N) is 1. The lowest BCUT2D eigenvalue weighted by Crippen LogP contribution is -2.47. The third kappa shape index (κ3) is 3.24. The third-order valence-corrected chi connectivity index (χ3v) is 5.48. The number of carbonyl (C=O) groups is 1. The molecule has 1 aromatic carbocycles. The predicted molar refractivity (Wildman–Crippen MR) is 98.1 cm³/mol. The Balaban J connectivity index is 1.42. The second-order valence-corrected chi connectivity index (χ2v) is 7.37. The van der Waals surface area contributed by atoms with Crippen LogP contribution in [-0.4, -0.2) is 57.4 Å². The first-order chi connectivity index (χ1) is 12.4. The highest BCUT2D eigenvalue weighted by Gasteiger charge is 2.42. The molecule has 2 aliphatic heterocycles. The quantitative estimate of drug-likeness (QED) is 0.819. The van der Waals surface area contributed by atoms with Crippen molar-refractivity contribution in [3.05, 3.63) is 29.6 Å². The van der Waals surface area contributed by atoms with E-state index in [1.54, 1.807) is 4.90 Å². The minimum absolute atomic E-state index is 0.116. The van der Waals surface area contributed by atoms with E-state index in [2.05, 4.69) is 15.3 Å². The molecule has 3 heterocycles. The smallest absolute Gasteiger partial charge is 0.321 e. The van der Waals surface area contributed by atoms with Crippen LogP contribution >= 0.6 is 0 Å². The van der Waals surface area contributed by atoms with E-state index in [9.17, 15) is 9.90 Å². The zero-order valence-electron chi connectivity index (χ0n) is 15.2. The molecule has 1 spiro atoms. The molecule has 0 saturated carbocycles. The molecule has 2 amide bonds. The van der Waals surface area contributed by atoms with E-state index in [1.165, 1.54) is 0 Å². The normalized spacial score (nSPS) is 22.1. The van der Waals surface area contributed by atoms with Crippen molar-refractivity contribution < 1.29 is 14.6 Å². The zero-order valence-corrected chi connectivity index (χ0v) is 15.2. The fourth-order valence-electron chi connectivity index (χ4n) is 3.80. The van der Waals surface area contributed by atoms with Crippen LogP contribution in [0.3, 0.4) is 0 Å². The maximum atomic E-state index is 12.6. The zero-order chi connectivity index (χ0) is 18.3. The van der Waals surface area contributed by atoms with Crippen molar-refractivity contribution in [2.45, 2.75) is 44.8 Å². The van der Waals surface area contributed by atoms with E-state index in [1.807, 2.05) is 32.0 Å². The number of benzene rings is 1. The standard InChI is InChI=1S/C19H24N4O3/c1-12-13(2)21-17-9-14(3-4-16(17)20-12)22-18(25)23-7-5-19(6-8-23)10-15(24)11-26-19/h3-4,9,15,24H,5-8,10-11H2,1-2H3,(H,22,25)/t15-/m1/s1. The SMILES string of the molecule is Cc1nc2ccc(NC(=O)N3CCC4(CC3)C[C@@H](O)CO4)cc2nc1C. The largest absolute Gasteiger partial charge is 0.391 e. The molecule has 26 heavy (non-hydrogen) atoms. The summed E-state index contributed by atoms with van der Waals surface area (Å²) in [5.41, 5.74) is 3.87. The number of nitrogens with zero attached hydrogens (tertiary/aromatic N) is 3. The Labute approximate surface area is 152 Å². The summed E-state index contributed by atoms with van der Waals surface area (Å²) in [6, 6.07) is 5.47. The van der Waals surface area contributed by atoms with Crippen LogP contribution in [0.15, 0.2) is 18.2 Å². The van der Waals surface area contributed by atoms with E-state index in [4.69, 9.17) is 4.74 Å². The number of aromatic nitrogens is 2. The van der Waals surface area contributed by atoms with Gasteiger partial charge in [0.15, 0.2) is 0 Å². The van der Waals surface area contributed by atoms with E-state index in [0.29, 0.717) is 31.8 Å². The van der Waals surface area contributed by atoms with Gasteiger partial charge in [-0.25, -0.2) is 14.8 Å². The van der Waals surface area contributed by atoms with Crippen LogP contribution in [0.2, 0.25) is 0 Å². The summed E-state index contributed by atoms with van der Waals surface area (Å²) in [5.74, 6) is 0. The van der Waals surface area contributed by atoms with Crippen molar-refractivity contribution in [2.24, 2.45) is 0 Å². The first-order valence-corrected chi connectivity index (χ1v) is 9.07. The number of ether oxygens (including phenoxy) is 1. The van der Waals surface area contributed by atoms with Crippen LogP contribution in [-0.2, 0) is 4.74 Å². The maximum absolute atomic E-state index is 12.6. The molecule has 1 atom stereocenters. The summed E-state index contributed by atoms with van der Waals surface area (Å²) in [7, 11) is 0. The number of urea groups is 1. The van der Waals surface area contributed by atoms with Gasteiger partial charge in [0.2, 0.25) is 0 Å². The minimum atomic E-state index is -0.374. The molecule has 2 aromatic rings. The molecule has 138 valence electrons. The van der Waals surface area contributed by atoms with Crippen molar-refractivity contribution in [1.29, 1.82) is 0 Å². The first-order valence-electron chi connectivity index (χ1n) is 9.07. The lowest BCUT2D eigenvalue weighted by molar-refractivity contribution is -0.0365. The van der Waals surface area contributed by atoms with Crippen LogP contribution in [0.5, 0.6) is 0 Å². The highest BCUT2D eigenvalue weighted by atomic mass is 16.5. The fraction of sp³-hybridized carbons (Fsp3) is 0.526. The van der Waals surface area contributed by atoms with Gasteiger partial charge in [-0.1, -0.05) is 0 Å². The predicted octanol–water partition coefficient (Wildman–Crippen LogP) is 2.39. The van der Waals surface area contributed by atoms with Gasteiger partial charge in [0, 0.05) is 25.2 Å². The number of aryl methyl sites for hydroxylation is 2. The number of rotatable bonds is 1. The van der Waals surface area contributed by atoms with Crippen molar-refractivity contribution in [3.8, 4) is 0 Å². The second-order valence-electron chi connectivity index (χ2n) is 7.37. The molecular weight excluding hydrogens is 332 g/mol. The second kappa shape index (κ2) is 6.48. The number of anilines is 1. The molecule has 2 aliphatic rings. The number of fused-ring (bicyclic) bond motifs is 1. The number of piperidine rings is 1. The van der Waals surface area contributed by atoms with E-state index in [-0.39, 0.29) is 17.7 Å². The van der Waals surface area contributed by atoms with Gasteiger partial charge in [-0.15, -0.1) is 0 Å². The first kappa shape index (κ1) is 17.2. The van der Waals surface area contributed by atoms with Crippen molar-refractivity contribution in [3.63, 3.8) is 0 Å². The van der Waals surface area contributed by atoms with Gasteiger partial charge in [-0.3, -0.25) is 0 Å². The number of hydrogen-bond donors (Lipinski definition) is 2. The molecular formula is C19H24N4O3. The molecule has 0 bridgehead atoms. The van der Waals surface area contributed by atoms with Crippen LogP contribution in [0, 0.1) is 13.8 Å². The lowest BCUT2D eigenvalue weighted by atomic mass is 9.88. The maximum Gasteiger partial charge on any atom is 0.321 e. The Bertz CT molecular complexity index is 846. The minimum Gasteiger partial charge on any atom is -0.391 e. The molecule has 4 rings (SSSR count). The van der Waals surface area contributed by atoms with Gasteiger partial charge in [0.1, 0.15) is 0 Å². The monoisotopic (exact) mass is 356 g/mol. The molecule has 1 aromatic heterocycles. The molecule has 0 radical (unpaired) electrons. The molecule has 2 fully saturated rings. The van der Waals surface area contributed by atoms with Gasteiger partial charge in [0.25, 0.3) is 0 Å². The average molecular weight is 356 g/mol. The van der Waals surface area contributed by atoms with Crippen LogP contribution in [0.4, 0.5) is 10.5 Å². The average Bonchev–Trinajstić information content (AvgIpc) is 2.97. The van der Waals surface area contributed by atoms with Crippen molar-refractivity contribution >= 4 is 22.8 Å². The summed E-state index contributed by atoms with van der Waals surface area (Å²) in [6.07, 6.45) is 1.82. The Hall–Kier alpha value is -2.25. The van der Waals surface area contributed by atoms with Gasteiger partial charge in [0.05, 0.1) is 40.7 Å². The summed E-state index contributed by atoms with van der Waals surface area (Å²) in [5, 5.41) is 12.7. The Morgan fingerprint density at radius 3 is 2.58 bits per heavy atom. The van der Waals surface area contributed by atoms with E-state index < -0.39 is 0 Å². The topological polar surface area (TPSA) is 87.6 Å². The summed E-state index contributed by atoms with van der Waals surface area (Å²) < 4.78 is 5.79. The van der Waals surface area contributed by atoms with Crippen molar-refractivity contribution in [2.75, 3.05) is 25.0 Å². The molecule has 7 nitrogen and oxygen atoms in total. The van der Waals surface area contributed by atoms with Gasteiger partial charge in [-0.2, -0.15) is 0 Å². The van der Waals surface area contributed by atoms with Gasteiger partial charge in [-0.05, 0) is 44.9 Å². The molecule has 7 heteroatoms. The Kier molecular flexibility index (Phi) is 4.28. The van der Waals surface area contributed by atoms with E-state index in [0.717, 1.165) is 35.3 Å². The summed E-state index contributed by atoms with van der Waals surface area (Å²) in [4.78, 5) is 23.4. The van der Waals surface area contributed by atoms with Crippen LogP contribution in [0.25, 0.3) is 11.0 Å². The molecule has 2 saturated heterocycles.